The van der Waals surface area contributed by atoms with Crippen LogP contribution < -0.4 is 11.2 Å². The minimum Gasteiger partial charge on any atom is -0.478 e. The Labute approximate surface area is 129 Å². The summed E-state index contributed by atoms with van der Waals surface area (Å²) >= 11 is 0. The molecule has 0 atom stereocenters. The third-order valence-corrected chi connectivity index (χ3v) is 3.87. The Bertz CT molecular complexity index is 1050. The Kier molecular flexibility index (Phi) is 3.17. The second-order valence-electron chi connectivity index (χ2n) is 5.25. The van der Waals surface area contributed by atoms with Crippen LogP contribution in [0.2, 0.25) is 0 Å². The third kappa shape index (κ3) is 2.07. The molecule has 1 aromatic carbocycles. The van der Waals surface area contributed by atoms with E-state index in [4.69, 9.17) is 5.11 Å². The van der Waals surface area contributed by atoms with E-state index in [9.17, 15) is 14.4 Å². The Morgan fingerprint density at radius 1 is 1.00 bits per heavy atom. The number of imidazole rings is 1. The van der Waals surface area contributed by atoms with Crippen molar-refractivity contribution >= 4 is 17.1 Å². The van der Waals surface area contributed by atoms with Crippen molar-refractivity contribution in [1.29, 1.82) is 0 Å². The van der Waals surface area contributed by atoms with E-state index in [2.05, 4.69) is 4.98 Å². The molecule has 8 nitrogen and oxygen atoms in total. The van der Waals surface area contributed by atoms with Crippen LogP contribution in [0.15, 0.2) is 33.9 Å². The Balaban J connectivity index is 2.32. The average molecular weight is 314 g/mol. The number of carbonyl (C=O) groups is 1. The first-order chi connectivity index (χ1) is 10.8. The zero-order chi connectivity index (χ0) is 16.9. The van der Waals surface area contributed by atoms with E-state index in [0.717, 1.165) is 4.57 Å². The predicted molar refractivity (Wildman–Crippen MR) is 83.6 cm³/mol. The Morgan fingerprint density at radius 3 is 2.17 bits per heavy atom. The van der Waals surface area contributed by atoms with Crippen LogP contribution >= 0.6 is 0 Å². The summed E-state index contributed by atoms with van der Waals surface area (Å²) in [5.74, 6) is -0.534. The van der Waals surface area contributed by atoms with Gasteiger partial charge in [0.1, 0.15) is 5.82 Å². The highest BCUT2D eigenvalue weighted by Crippen LogP contribution is 2.21. The lowest BCUT2D eigenvalue weighted by molar-refractivity contribution is 0.0697. The molecule has 1 N–H and O–H groups in total. The molecule has 0 aliphatic rings. The summed E-state index contributed by atoms with van der Waals surface area (Å²) < 4.78 is 3.94. The topological polar surface area (TPSA) is 99.1 Å². The van der Waals surface area contributed by atoms with Crippen LogP contribution in [0.25, 0.3) is 22.6 Å². The predicted octanol–water partition coefficient (Wildman–Crippen LogP) is 0.336. The fourth-order valence-corrected chi connectivity index (χ4v) is 2.54. The molecule has 0 unspecified atom stereocenters. The van der Waals surface area contributed by atoms with E-state index < -0.39 is 17.2 Å². The highest BCUT2D eigenvalue weighted by atomic mass is 16.4. The molecule has 2 aromatic heterocycles. The summed E-state index contributed by atoms with van der Waals surface area (Å²) in [5.41, 5.74) is 0.545. The van der Waals surface area contributed by atoms with Crippen LogP contribution in [0.4, 0.5) is 0 Å². The van der Waals surface area contributed by atoms with Crippen molar-refractivity contribution in [1.82, 2.24) is 18.7 Å². The van der Waals surface area contributed by atoms with Gasteiger partial charge in [-0.2, -0.15) is 0 Å². The van der Waals surface area contributed by atoms with E-state index in [0.29, 0.717) is 16.9 Å². The molecular formula is C15H14N4O4. The van der Waals surface area contributed by atoms with Crippen LogP contribution in [0.5, 0.6) is 0 Å². The van der Waals surface area contributed by atoms with E-state index in [-0.39, 0.29) is 11.2 Å². The van der Waals surface area contributed by atoms with Gasteiger partial charge in [-0.05, 0) is 12.1 Å². The summed E-state index contributed by atoms with van der Waals surface area (Å²) in [5, 5.41) is 8.95. The number of aromatic nitrogens is 4. The van der Waals surface area contributed by atoms with Crippen molar-refractivity contribution in [3.63, 3.8) is 0 Å². The molecule has 8 heteroatoms. The van der Waals surface area contributed by atoms with Gasteiger partial charge in [-0.25, -0.2) is 14.6 Å². The number of fused-ring (bicyclic) bond motifs is 1. The van der Waals surface area contributed by atoms with Gasteiger partial charge in [0.25, 0.3) is 5.56 Å². The van der Waals surface area contributed by atoms with Crippen LogP contribution in [0.3, 0.4) is 0 Å². The first-order valence-corrected chi connectivity index (χ1v) is 6.79. The lowest BCUT2D eigenvalue weighted by Gasteiger charge is -2.04. The molecule has 0 aliphatic carbocycles. The average Bonchev–Trinajstić information content (AvgIpc) is 2.88. The van der Waals surface area contributed by atoms with Gasteiger partial charge in [0.2, 0.25) is 0 Å². The van der Waals surface area contributed by atoms with Crippen LogP contribution in [0, 0.1) is 0 Å². The van der Waals surface area contributed by atoms with Crippen molar-refractivity contribution in [3.8, 4) is 11.4 Å². The minimum atomic E-state index is -1.02. The number of benzene rings is 1. The zero-order valence-electron chi connectivity index (χ0n) is 12.8. The molecule has 3 aromatic rings. The van der Waals surface area contributed by atoms with Gasteiger partial charge in [0.15, 0.2) is 11.2 Å². The molecule has 2 heterocycles. The van der Waals surface area contributed by atoms with Crippen molar-refractivity contribution in [2.24, 2.45) is 21.1 Å². The van der Waals surface area contributed by atoms with E-state index in [1.807, 2.05) is 0 Å². The van der Waals surface area contributed by atoms with Crippen molar-refractivity contribution in [3.05, 3.63) is 50.7 Å². The molecule has 0 radical (unpaired) electrons. The molecule has 0 spiro atoms. The molecular weight excluding hydrogens is 300 g/mol. The maximum Gasteiger partial charge on any atom is 0.335 e. The number of aromatic carboxylic acids is 1. The summed E-state index contributed by atoms with van der Waals surface area (Å²) in [6, 6.07) is 6.17. The first kappa shape index (κ1) is 14.8. The van der Waals surface area contributed by atoms with Gasteiger partial charge in [-0.1, -0.05) is 12.1 Å². The quantitative estimate of drug-likeness (QED) is 0.735. The second kappa shape index (κ2) is 4.94. The fourth-order valence-electron chi connectivity index (χ4n) is 2.54. The number of carboxylic acid groups (broad SMARTS) is 1. The lowest BCUT2D eigenvalue weighted by Crippen LogP contribution is -2.37. The number of carboxylic acids is 1. The maximum absolute atomic E-state index is 12.3. The molecule has 23 heavy (non-hydrogen) atoms. The Hall–Kier alpha value is -3.16. The van der Waals surface area contributed by atoms with Gasteiger partial charge < -0.3 is 9.67 Å². The summed E-state index contributed by atoms with van der Waals surface area (Å²) in [4.78, 5) is 39.6. The number of hydrogen-bond acceptors (Lipinski definition) is 4. The number of aryl methyl sites for hydroxylation is 2. The monoisotopic (exact) mass is 314 g/mol. The lowest BCUT2D eigenvalue weighted by atomic mass is 10.1. The van der Waals surface area contributed by atoms with E-state index in [1.54, 1.807) is 30.8 Å². The van der Waals surface area contributed by atoms with Gasteiger partial charge in [-0.15, -0.1) is 0 Å². The molecule has 0 amide bonds. The molecule has 3 rings (SSSR count). The summed E-state index contributed by atoms with van der Waals surface area (Å²) in [7, 11) is 4.65. The third-order valence-electron chi connectivity index (χ3n) is 3.87. The smallest absolute Gasteiger partial charge is 0.335 e. The molecule has 0 saturated carbocycles. The first-order valence-electron chi connectivity index (χ1n) is 6.79. The van der Waals surface area contributed by atoms with Crippen LogP contribution in [-0.4, -0.2) is 29.8 Å². The summed E-state index contributed by atoms with van der Waals surface area (Å²) in [6.45, 7) is 0. The van der Waals surface area contributed by atoms with Gasteiger partial charge in [-0.3, -0.25) is 13.9 Å². The summed E-state index contributed by atoms with van der Waals surface area (Å²) in [6.07, 6.45) is 0. The van der Waals surface area contributed by atoms with E-state index in [1.165, 1.54) is 23.7 Å². The fraction of sp³-hybridized carbons (Fsp3) is 0.200. The molecule has 0 aliphatic heterocycles. The van der Waals surface area contributed by atoms with Crippen molar-refractivity contribution < 1.29 is 9.90 Å². The molecule has 118 valence electrons. The second-order valence-corrected chi connectivity index (χ2v) is 5.25. The molecule has 0 saturated heterocycles. The van der Waals surface area contributed by atoms with Gasteiger partial charge >= 0.3 is 11.7 Å². The van der Waals surface area contributed by atoms with Crippen LogP contribution in [-0.2, 0) is 21.1 Å². The highest BCUT2D eigenvalue weighted by molar-refractivity contribution is 5.88. The number of nitrogens with zero attached hydrogens (tertiary/aromatic N) is 4. The SMILES string of the molecule is Cn1c(=O)c2c(nc(-c3ccc(C(=O)O)cc3)n2C)n(C)c1=O. The number of rotatable bonds is 2. The normalized spacial score (nSPS) is 11.1. The van der Waals surface area contributed by atoms with Crippen LogP contribution in [0.1, 0.15) is 10.4 Å². The van der Waals surface area contributed by atoms with Crippen molar-refractivity contribution in [2.45, 2.75) is 0 Å². The molecule has 0 bridgehead atoms. The number of hydrogen-bond donors (Lipinski definition) is 1. The zero-order valence-corrected chi connectivity index (χ0v) is 12.8. The van der Waals surface area contributed by atoms with Gasteiger partial charge in [0, 0.05) is 26.7 Å². The highest BCUT2D eigenvalue weighted by Gasteiger charge is 2.18. The Morgan fingerprint density at radius 2 is 1.61 bits per heavy atom. The van der Waals surface area contributed by atoms with Gasteiger partial charge in [0.05, 0.1) is 5.56 Å². The maximum atomic E-state index is 12.3. The minimum absolute atomic E-state index is 0.163. The molecule has 0 fully saturated rings. The largest absolute Gasteiger partial charge is 0.478 e. The standard InChI is InChI=1S/C15H14N4O4/c1-17-10-12(18(2)15(23)19(3)13(10)20)16-11(17)8-4-6-9(7-5-8)14(21)22/h4-7H,1-3H3,(H,21,22). The van der Waals surface area contributed by atoms with Crippen molar-refractivity contribution in [2.75, 3.05) is 0 Å². The van der Waals surface area contributed by atoms with E-state index >= 15 is 0 Å².